The molecule has 0 bridgehead atoms. The van der Waals surface area contributed by atoms with Crippen LogP contribution in [-0.4, -0.2) is 40.5 Å². The van der Waals surface area contributed by atoms with Gasteiger partial charge in [0.25, 0.3) is 0 Å². The molecule has 0 aromatic carbocycles. The van der Waals surface area contributed by atoms with E-state index in [4.69, 9.17) is 0 Å². The van der Waals surface area contributed by atoms with Gasteiger partial charge in [-0.05, 0) is 43.7 Å². The summed E-state index contributed by atoms with van der Waals surface area (Å²) in [6.07, 6.45) is 8.18. The second kappa shape index (κ2) is 10.6. The van der Waals surface area contributed by atoms with Crippen LogP contribution in [0.3, 0.4) is 0 Å². The predicted octanol–water partition coefficient (Wildman–Crippen LogP) is 3.01. The first-order chi connectivity index (χ1) is 13.7. The molecule has 1 saturated heterocycles. The number of aromatic nitrogens is 3. The number of carbonyl (C=O) groups excluding carboxylic acids is 1. The maximum absolute atomic E-state index is 12.2. The molecule has 2 aromatic rings. The molecule has 3 heterocycles. The van der Waals surface area contributed by atoms with Crippen molar-refractivity contribution in [1.82, 2.24) is 20.3 Å². The Balaban J connectivity index is 1.45. The molecular weight excluding hydrogens is 352 g/mol. The van der Waals surface area contributed by atoms with Gasteiger partial charge in [-0.25, -0.2) is 9.97 Å². The molecule has 0 aliphatic carbocycles. The minimum atomic E-state index is 0.0934. The van der Waals surface area contributed by atoms with Crippen molar-refractivity contribution >= 4 is 17.5 Å². The summed E-state index contributed by atoms with van der Waals surface area (Å²) in [6.45, 7) is 5.48. The van der Waals surface area contributed by atoms with Crippen molar-refractivity contribution in [3.63, 3.8) is 0 Å². The van der Waals surface area contributed by atoms with Gasteiger partial charge >= 0.3 is 0 Å². The van der Waals surface area contributed by atoms with Crippen molar-refractivity contribution in [2.45, 2.75) is 45.6 Å². The van der Waals surface area contributed by atoms with Gasteiger partial charge in [0.1, 0.15) is 18.0 Å². The van der Waals surface area contributed by atoms with E-state index in [9.17, 15) is 4.79 Å². The quantitative estimate of drug-likeness (QED) is 0.694. The smallest absolute Gasteiger partial charge is 0.220 e. The summed E-state index contributed by atoms with van der Waals surface area (Å²) in [5.41, 5.74) is 0.885. The molecule has 2 N–H and O–H groups in total. The number of hydrogen-bond donors (Lipinski definition) is 2. The predicted molar refractivity (Wildman–Crippen MR) is 111 cm³/mol. The zero-order valence-electron chi connectivity index (χ0n) is 16.6. The van der Waals surface area contributed by atoms with Gasteiger partial charge in [0.2, 0.25) is 5.91 Å². The summed E-state index contributed by atoms with van der Waals surface area (Å²) in [4.78, 5) is 27.5. The van der Waals surface area contributed by atoms with Crippen LogP contribution in [0.25, 0.3) is 0 Å². The summed E-state index contributed by atoms with van der Waals surface area (Å²) in [5.74, 6) is 2.45. The van der Waals surface area contributed by atoms with Crippen molar-refractivity contribution in [3.05, 3.63) is 42.5 Å². The second-order valence-corrected chi connectivity index (χ2v) is 7.28. The molecule has 0 saturated carbocycles. The van der Waals surface area contributed by atoms with Crippen molar-refractivity contribution in [3.8, 4) is 0 Å². The fourth-order valence-corrected chi connectivity index (χ4v) is 3.49. The monoisotopic (exact) mass is 382 g/mol. The molecular formula is C21H30N6O. The molecule has 1 aliphatic heterocycles. The third-order valence-corrected chi connectivity index (χ3v) is 5.02. The van der Waals surface area contributed by atoms with Crippen LogP contribution >= 0.6 is 0 Å². The van der Waals surface area contributed by atoms with E-state index < -0.39 is 0 Å². The van der Waals surface area contributed by atoms with E-state index in [-0.39, 0.29) is 5.91 Å². The van der Waals surface area contributed by atoms with Crippen LogP contribution in [-0.2, 0) is 11.3 Å². The normalized spacial score (nSPS) is 16.6. The SMILES string of the molecule is CCCNc1cc(N2CCC[C@H](CCC(=O)NCc3ccccn3)C2)ncn1. The van der Waals surface area contributed by atoms with E-state index in [1.54, 1.807) is 12.5 Å². The number of piperidine rings is 1. The van der Waals surface area contributed by atoms with Gasteiger partial charge in [-0.2, -0.15) is 0 Å². The summed E-state index contributed by atoms with van der Waals surface area (Å²) in [7, 11) is 0. The van der Waals surface area contributed by atoms with Crippen molar-refractivity contribution in [2.24, 2.45) is 5.92 Å². The number of hydrogen-bond acceptors (Lipinski definition) is 6. The highest BCUT2D eigenvalue weighted by Crippen LogP contribution is 2.25. The Kier molecular flexibility index (Phi) is 7.58. The lowest BCUT2D eigenvalue weighted by Crippen LogP contribution is -2.36. The Morgan fingerprint density at radius 2 is 2.21 bits per heavy atom. The molecule has 28 heavy (non-hydrogen) atoms. The number of carbonyl (C=O) groups is 1. The first-order valence-corrected chi connectivity index (χ1v) is 10.2. The summed E-state index contributed by atoms with van der Waals surface area (Å²) in [6, 6.07) is 7.75. The number of rotatable bonds is 9. The molecule has 0 unspecified atom stereocenters. The molecule has 1 amide bonds. The van der Waals surface area contributed by atoms with Gasteiger partial charge in [-0.15, -0.1) is 0 Å². The molecule has 7 nitrogen and oxygen atoms in total. The fraction of sp³-hybridized carbons (Fsp3) is 0.524. The molecule has 1 fully saturated rings. The first-order valence-electron chi connectivity index (χ1n) is 10.2. The van der Waals surface area contributed by atoms with Gasteiger partial charge in [-0.1, -0.05) is 13.0 Å². The average molecular weight is 383 g/mol. The lowest BCUT2D eigenvalue weighted by Gasteiger charge is -2.33. The maximum atomic E-state index is 12.2. The van der Waals surface area contributed by atoms with Crippen LogP contribution in [0.15, 0.2) is 36.8 Å². The average Bonchev–Trinajstić information content (AvgIpc) is 2.76. The zero-order valence-corrected chi connectivity index (χ0v) is 16.6. The lowest BCUT2D eigenvalue weighted by atomic mass is 9.93. The number of nitrogens with one attached hydrogen (secondary N) is 2. The summed E-state index contributed by atoms with van der Waals surface area (Å²) in [5, 5.41) is 6.28. The molecule has 150 valence electrons. The van der Waals surface area contributed by atoms with E-state index in [1.165, 1.54) is 0 Å². The number of pyridine rings is 1. The number of nitrogens with zero attached hydrogens (tertiary/aromatic N) is 4. The summed E-state index contributed by atoms with van der Waals surface area (Å²) < 4.78 is 0. The van der Waals surface area contributed by atoms with E-state index in [0.29, 0.717) is 18.9 Å². The van der Waals surface area contributed by atoms with Crippen LogP contribution in [0.4, 0.5) is 11.6 Å². The van der Waals surface area contributed by atoms with Crippen LogP contribution in [0, 0.1) is 5.92 Å². The largest absolute Gasteiger partial charge is 0.370 e. The Morgan fingerprint density at radius 3 is 3.04 bits per heavy atom. The highest BCUT2D eigenvalue weighted by Gasteiger charge is 2.22. The molecule has 2 aromatic heterocycles. The molecule has 3 rings (SSSR count). The van der Waals surface area contributed by atoms with Crippen LogP contribution in [0.1, 0.15) is 44.7 Å². The third-order valence-electron chi connectivity index (χ3n) is 5.02. The third kappa shape index (κ3) is 6.18. The minimum Gasteiger partial charge on any atom is -0.370 e. The van der Waals surface area contributed by atoms with Gasteiger partial charge in [-0.3, -0.25) is 9.78 Å². The molecule has 0 radical (unpaired) electrons. The lowest BCUT2D eigenvalue weighted by molar-refractivity contribution is -0.121. The molecule has 1 aliphatic rings. The topological polar surface area (TPSA) is 83.0 Å². The minimum absolute atomic E-state index is 0.0934. The highest BCUT2D eigenvalue weighted by molar-refractivity contribution is 5.75. The van der Waals surface area contributed by atoms with E-state index in [0.717, 1.165) is 62.6 Å². The first kappa shape index (κ1) is 20.0. The van der Waals surface area contributed by atoms with Crippen molar-refractivity contribution in [2.75, 3.05) is 29.9 Å². The zero-order chi connectivity index (χ0) is 19.6. The number of anilines is 2. The van der Waals surface area contributed by atoms with Crippen molar-refractivity contribution < 1.29 is 4.79 Å². The fourth-order valence-electron chi connectivity index (χ4n) is 3.49. The van der Waals surface area contributed by atoms with E-state index in [1.807, 2.05) is 24.3 Å². The Bertz CT molecular complexity index is 739. The maximum Gasteiger partial charge on any atom is 0.220 e. The Morgan fingerprint density at radius 1 is 1.29 bits per heavy atom. The van der Waals surface area contributed by atoms with Crippen LogP contribution in [0.2, 0.25) is 0 Å². The van der Waals surface area contributed by atoms with Gasteiger partial charge in [0, 0.05) is 38.3 Å². The van der Waals surface area contributed by atoms with Gasteiger partial charge in [0.05, 0.1) is 12.2 Å². The van der Waals surface area contributed by atoms with Gasteiger partial charge in [0.15, 0.2) is 0 Å². The Labute approximate surface area is 167 Å². The van der Waals surface area contributed by atoms with E-state index >= 15 is 0 Å². The van der Waals surface area contributed by atoms with Crippen LogP contribution in [0.5, 0.6) is 0 Å². The van der Waals surface area contributed by atoms with Crippen LogP contribution < -0.4 is 15.5 Å². The van der Waals surface area contributed by atoms with E-state index in [2.05, 4.69) is 37.4 Å². The molecule has 0 spiro atoms. The molecule has 7 heteroatoms. The second-order valence-electron chi connectivity index (χ2n) is 7.28. The van der Waals surface area contributed by atoms with Gasteiger partial charge < -0.3 is 15.5 Å². The van der Waals surface area contributed by atoms with Crippen molar-refractivity contribution in [1.29, 1.82) is 0 Å². The summed E-state index contributed by atoms with van der Waals surface area (Å²) >= 11 is 0. The Hall–Kier alpha value is -2.70. The number of amides is 1. The standard InChI is InChI=1S/C21H30N6O/c1-2-10-23-19-13-20(26-16-25-19)27-12-5-6-17(15-27)8-9-21(28)24-14-18-7-3-4-11-22-18/h3-4,7,11,13,16-17H,2,5-6,8-10,12,14-15H2,1H3,(H,24,28)(H,23,25,26)/t17-/m1/s1. The highest BCUT2D eigenvalue weighted by atomic mass is 16.1. The molecule has 1 atom stereocenters.